The molecule has 156 valence electrons. The van der Waals surface area contributed by atoms with E-state index in [1.165, 1.54) is 18.4 Å². The third kappa shape index (κ3) is 5.09. The minimum absolute atomic E-state index is 0.221. The molecule has 1 saturated heterocycles. The number of aromatic nitrogens is 1. The van der Waals surface area contributed by atoms with Gasteiger partial charge in [0, 0.05) is 38.4 Å². The maximum Gasteiger partial charge on any atom is 0.416 e. The molecule has 1 aliphatic carbocycles. The molecule has 0 atom stereocenters. The lowest BCUT2D eigenvalue weighted by atomic mass is 10.1. The standard InChI is InChI=1S/C20H23F3N4O2/c21-20(22,23)15-2-1-3-16(10-15)27-8-6-26(7-9-27)12-18-25-17(13-29-18)19(28)24-11-14-4-5-14/h1-3,10,13-14H,4-9,11-12H2,(H,24,28). The first-order chi connectivity index (χ1) is 13.9. The molecular weight excluding hydrogens is 385 g/mol. The number of nitrogens with one attached hydrogen (secondary N) is 1. The van der Waals surface area contributed by atoms with Crippen LogP contribution in [0.1, 0.15) is 34.8 Å². The molecule has 2 heterocycles. The fraction of sp³-hybridized carbons (Fsp3) is 0.500. The van der Waals surface area contributed by atoms with E-state index in [9.17, 15) is 18.0 Å². The highest BCUT2D eigenvalue weighted by Gasteiger charge is 2.31. The van der Waals surface area contributed by atoms with Gasteiger partial charge in [0.25, 0.3) is 5.91 Å². The summed E-state index contributed by atoms with van der Waals surface area (Å²) in [6.45, 7) is 3.70. The van der Waals surface area contributed by atoms with E-state index < -0.39 is 11.7 Å². The van der Waals surface area contributed by atoms with Crippen LogP contribution in [0.3, 0.4) is 0 Å². The van der Waals surface area contributed by atoms with Crippen molar-refractivity contribution in [2.75, 3.05) is 37.6 Å². The lowest BCUT2D eigenvalue weighted by Gasteiger charge is -2.35. The lowest BCUT2D eigenvalue weighted by Crippen LogP contribution is -2.46. The van der Waals surface area contributed by atoms with E-state index in [4.69, 9.17) is 4.42 Å². The zero-order chi connectivity index (χ0) is 20.4. The Kier molecular flexibility index (Phi) is 5.49. The van der Waals surface area contributed by atoms with Gasteiger partial charge in [0.2, 0.25) is 5.89 Å². The van der Waals surface area contributed by atoms with Crippen LogP contribution in [0.4, 0.5) is 18.9 Å². The van der Waals surface area contributed by atoms with Gasteiger partial charge in [-0.15, -0.1) is 0 Å². The maximum absolute atomic E-state index is 12.9. The molecular formula is C20H23F3N4O2. The molecule has 2 fully saturated rings. The van der Waals surface area contributed by atoms with Crippen molar-refractivity contribution in [1.82, 2.24) is 15.2 Å². The zero-order valence-corrected chi connectivity index (χ0v) is 15.9. The second-order valence-electron chi connectivity index (χ2n) is 7.59. The number of hydrogen-bond acceptors (Lipinski definition) is 5. The molecule has 1 aliphatic heterocycles. The summed E-state index contributed by atoms with van der Waals surface area (Å²) in [5, 5.41) is 2.86. The van der Waals surface area contributed by atoms with Crippen molar-refractivity contribution in [2.45, 2.75) is 25.6 Å². The van der Waals surface area contributed by atoms with Crippen molar-refractivity contribution in [2.24, 2.45) is 5.92 Å². The molecule has 2 aromatic rings. The minimum Gasteiger partial charge on any atom is -0.447 e. The van der Waals surface area contributed by atoms with Crippen molar-refractivity contribution in [3.63, 3.8) is 0 Å². The summed E-state index contributed by atoms with van der Waals surface area (Å²) in [4.78, 5) is 20.4. The molecule has 1 N–H and O–H groups in total. The summed E-state index contributed by atoms with van der Waals surface area (Å²) < 4.78 is 44.2. The average Bonchev–Trinajstić information content (AvgIpc) is 3.43. The quantitative estimate of drug-likeness (QED) is 0.796. The molecule has 9 heteroatoms. The van der Waals surface area contributed by atoms with E-state index in [1.807, 2.05) is 4.90 Å². The topological polar surface area (TPSA) is 61.6 Å². The molecule has 29 heavy (non-hydrogen) atoms. The van der Waals surface area contributed by atoms with Crippen molar-refractivity contribution in [3.05, 3.63) is 47.7 Å². The SMILES string of the molecule is O=C(NCC1CC1)c1coc(CN2CCN(c3cccc(C(F)(F)F)c3)CC2)n1. The van der Waals surface area contributed by atoms with E-state index in [-0.39, 0.29) is 11.6 Å². The van der Waals surface area contributed by atoms with E-state index >= 15 is 0 Å². The van der Waals surface area contributed by atoms with E-state index in [1.54, 1.807) is 6.07 Å². The summed E-state index contributed by atoms with van der Waals surface area (Å²) in [6.07, 6.45) is -0.643. The highest BCUT2D eigenvalue weighted by Crippen LogP contribution is 2.32. The number of carbonyl (C=O) groups excluding carboxylic acids is 1. The summed E-state index contributed by atoms with van der Waals surface area (Å²) >= 11 is 0. The monoisotopic (exact) mass is 408 g/mol. The zero-order valence-electron chi connectivity index (χ0n) is 15.9. The van der Waals surface area contributed by atoms with E-state index in [0.717, 1.165) is 18.9 Å². The highest BCUT2D eigenvalue weighted by molar-refractivity contribution is 5.91. The Bertz CT molecular complexity index is 855. The number of nitrogens with zero attached hydrogens (tertiary/aromatic N) is 3. The van der Waals surface area contributed by atoms with Crippen molar-refractivity contribution < 1.29 is 22.4 Å². The first-order valence-electron chi connectivity index (χ1n) is 9.75. The van der Waals surface area contributed by atoms with Crippen LogP contribution >= 0.6 is 0 Å². The molecule has 1 aromatic carbocycles. The Morgan fingerprint density at radius 3 is 2.66 bits per heavy atom. The van der Waals surface area contributed by atoms with E-state index in [0.29, 0.717) is 56.8 Å². The van der Waals surface area contributed by atoms with Gasteiger partial charge in [0.15, 0.2) is 5.69 Å². The van der Waals surface area contributed by atoms with Crippen LogP contribution in [-0.4, -0.2) is 48.5 Å². The lowest BCUT2D eigenvalue weighted by molar-refractivity contribution is -0.137. The molecule has 1 saturated carbocycles. The van der Waals surface area contributed by atoms with Crippen molar-refractivity contribution in [3.8, 4) is 0 Å². The Labute approximate surface area is 166 Å². The second-order valence-corrected chi connectivity index (χ2v) is 7.59. The fourth-order valence-electron chi connectivity index (χ4n) is 3.37. The number of halogens is 3. The number of anilines is 1. The number of carbonyl (C=O) groups is 1. The van der Waals surface area contributed by atoms with Gasteiger partial charge in [-0.05, 0) is 37.0 Å². The van der Waals surface area contributed by atoms with Gasteiger partial charge in [-0.3, -0.25) is 9.69 Å². The predicted octanol–water partition coefficient (Wildman–Crippen LogP) is 3.16. The summed E-state index contributed by atoms with van der Waals surface area (Å²) in [5.41, 5.74) is 0.221. The number of amides is 1. The predicted molar refractivity (Wildman–Crippen MR) is 100 cm³/mol. The highest BCUT2D eigenvalue weighted by atomic mass is 19.4. The molecule has 0 bridgehead atoms. The van der Waals surface area contributed by atoms with Gasteiger partial charge < -0.3 is 14.6 Å². The smallest absolute Gasteiger partial charge is 0.416 e. The normalized spacial score (nSPS) is 18.1. The molecule has 1 amide bonds. The second kappa shape index (κ2) is 8.06. The van der Waals surface area contributed by atoms with Gasteiger partial charge in [-0.2, -0.15) is 13.2 Å². The Hall–Kier alpha value is -2.55. The van der Waals surface area contributed by atoms with Gasteiger partial charge in [0.05, 0.1) is 12.1 Å². The van der Waals surface area contributed by atoms with Crippen LogP contribution in [0, 0.1) is 5.92 Å². The first kappa shape index (κ1) is 19.8. The fourth-order valence-corrected chi connectivity index (χ4v) is 3.37. The molecule has 6 nitrogen and oxygen atoms in total. The average molecular weight is 408 g/mol. The molecule has 0 radical (unpaired) electrons. The number of hydrogen-bond donors (Lipinski definition) is 1. The first-order valence-corrected chi connectivity index (χ1v) is 9.75. The van der Waals surface area contributed by atoms with Crippen LogP contribution in [0.15, 0.2) is 34.9 Å². The molecule has 0 unspecified atom stereocenters. The molecule has 2 aliphatic rings. The summed E-state index contributed by atoms with van der Waals surface area (Å²) in [5.74, 6) is 0.841. The van der Waals surface area contributed by atoms with Gasteiger partial charge in [-0.1, -0.05) is 6.07 Å². The molecule has 1 aromatic heterocycles. The Morgan fingerprint density at radius 1 is 1.21 bits per heavy atom. The minimum atomic E-state index is -4.34. The number of benzene rings is 1. The van der Waals surface area contributed by atoms with Gasteiger partial charge in [-0.25, -0.2) is 4.98 Å². The number of oxazole rings is 1. The van der Waals surface area contributed by atoms with Crippen molar-refractivity contribution >= 4 is 11.6 Å². The molecule has 0 spiro atoms. The summed E-state index contributed by atoms with van der Waals surface area (Å²) in [6, 6.07) is 5.41. The van der Waals surface area contributed by atoms with Crippen LogP contribution in [0.2, 0.25) is 0 Å². The Balaban J connectivity index is 1.28. The van der Waals surface area contributed by atoms with Gasteiger partial charge in [0.1, 0.15) is 6.26 Å². The molecule has 4 rings (SSSR count). The largest absolute Gasteiger partial charge is 0.447 e. The third-order valence-corrected chi connectivity index (χ3v) is 5.30. The Morgan fingerprint density at radius 2 is 1.97 bits per heavy atom. The number of alkyl halides is 3. The number of rotatable bonds is 6. The third-order valence-electron chi connectivity index (χ3n) is 5.30. The number of piperazine rings is 1. The van der Waals surface area contributed by atoms with Crippen molar-refractivity contribution in [1.29, 1.82) is 0 Å². The maximum atomic E-state index is 12.9. The van der Waals surface area contributed by atoms with Crippen LogP contribution in [-0.2, 0) is 12.7 Å². The van der Waals surface area contributed by atoms with Crippen LogP contribution in [0.25, 0.3) is 0 Å². The van der Waals surface area contributed by atoms with E-state index in [2.05, 4.69) is 15.2 Å². The van der Waals surface area contributed by atoms with Crippen LogP contribution < -0.4 is 10.2 Å². The van der Waals surface area contributed by atoms with Crippen LogP contribution in [0.5, 0.6) is 0 Å². The van der Waals surface area contributed by atoms with Gasteiger partial charge >= 0.3 is 6.18 Å². The summed E-state index contributed by atoms with van der Waals surface area (Å²) in [7, 11) is 0.